The highest BCUT2D eigenvalue weighted by atomic mass is 35.5. The van der Waals surface area contributed by atoms with E-state index in [1.807, 2.05) is 28.9 Å². The van der Waals surface area contributed by atoms with Crippen molar-refractivity contribution in [3.05, 3.63) is 101 Å². The molecule has 0 saturated heterocycles. The van der Waals surface area contributed by atoms with Crippen molar-refractivity contribution in [2.75, 3.05) is 0 Å². The van der Waals surface area contributed by atoms with Crippen molar-refractivity contribution in [1.29, 1.82) is 0 Å². The Hall–Kier alpha value is -3.16. The summed E-state index contributed by atoms with van der Waals surface area (Å²) in [7, 11) is -3.54. The van der Waals surface area contributed by atoms with Crippen LogP contribution in [0.2, 0.25) is 5.02 Å². The first kappa shape index (κ1) is 20.1. The van der Waals surface area contributed by atoms with Crippen LogP contribution in [0.5, 0.6) is 0 Å². The molecular weight excluding hydrogens is 422 g/mol. The van der Waals surface area contributed by atoms with Gasteiger partial charge >= 0.3 is 0 Å². The van der Waals surface area contributed by atoms with Gasteiger partial charge in [0.1, 0.15) is 5.65 Å². The van der Waals surface area contributed by atoms with Crippen molar-refractivity contribution >= 4 is 33.0 Å². The molecule has 0 atom stereocenters. The number of nitrogens with one attached hydrogen (secondary N) is 1. The number of imidazole rings is 1. The van der Waals surface area contributed by atoms with Gasteiger partial charge in [0, 0.05) is 35.7 Å². The van der Waals surface area contributed by atoms with Gasteiger partial charge in [-0.2, -0.15) is 0 Å². The summed E-state index contributed by atoms with van der Waals surface area (Å²) in [5.41, 5.74) is 2.76. The molecule has 2 heterocycles. The van der Waals surface area contributed by atoms with Gasteiger partial charge in [0.25, 0.3) is 5.91 Å². The molecule has 0 unspecified atom stereocenters. The van der Waals surface area contributed by atoms with Crippen LogP contribution in [0.25, 0.3) is 5.65 Å². The van der Waals surface area contributed by atoms with Gasteiger partial charge in [-0.05, 0) is 53.6 Å². The molecule has 2 aromatic heterocycles. The zero-order chi connectivity index (χ0) is 21.1. The molecule has 0 radical (unpaired) electrons. The molecule has 0 fully saturated rings. The van der Waals surface area contributed by atoms with Crippen LogP contribution in [-0.4, -0.2) is 23.7 Å². The first-order valence-electron chi connectivity index (χ1n) is 9.18. The summed E-state index contributed by atoms with van der Waals surface area (Å²) in [5, 5.41) is 3.33. The monoisotopic (exact) mass is 439 g/mol. The molecule has 0 aliphatic heterocycles. The van der Waals surface area contributed by atoms with E-state index in [0.29, 0.717) is 22.7 Å². The van der Waals surface area contributed by atoms with Crippen LogP contribution in [-0.2, 0) is 22.1 Å². The molecular formula is C22H18ClN3O3S. The molecule has 0 spiro atoms. The molecule has 4 rings (SSSR count). The molecule has 4 aromatic rings. The number of carbonyl (C=O) groups excluding carboxylic acids is 1. The lowest BCUT2D eigenvalue weighted by Gasteiger charge is -2.08. The number of nitrogens with zero attached hydrogens (tertiary/aromatic N) is 2. The highest BCUT2D eigenvalue weighted by Crippen LogP contribution is 2.19. The number of fused-ring (bicyclic) bond motifs is 1. The van der Waals surface area contributed by atoms with E-state index in [4.69, 9.17) is 11.6 Å². The van der Waals surface area contributed by atoms with Crippen molar-refractivity contribution in [2.24, 2.45) is 0 Å². The SMILES string of the molecule is O=C(NCc1ccc2nccn2c1)c1ccc(S(=O)(=O)Cc2cccc(Cl)c2)cc1. The quantitative estimate of drug-likeness (QED) is 0.494. The van der Waals surface area contributed by atoms with Gasteiger partial charge in [0.2, 0.25) is 0 Å². The fourth-order valence-corrected chi connectivity index (χ4v) is 4.65. The zero-order valence-corrected chi connectivity index (χ0v) is 17.4. The zero-order valence-electron chi connectivity index (χ0n) is 15.8. The van der Waals surface area contributed by atoms with Crippen LogP contribution in [0.15, 0.2) is 84.1 Å². The molecule has 6 nitrogen and oxygen atoms in total. The van der Waals surface area contributed by atoms with Crippen LogP contribution in [0.1, 0.15) is 21.5 Å². The minimum Gasteiger partial charge on any atom is -0.348 e. The molecule has 0 aliphatic rings. The standard InChI is InChI=1S/C22H18ClN3O3S/c23-19-3-1-2-16(12-19)15-30(28,29)20-7-5-18(6-8-20)22(27)25-13-17-4-9-21-24-10-11-26(21)14-17/h1-12,14H,13,15H2,(H,25,27). The fraction of sp³-hybridized carbons (Fsp3) is 0.0909. The maximum Gasteiger partial charge on any atom is 0.251 e. The predicted molar refractivity (Wildman–Crippen MR) is 115 cm³/mol. The van der Waals surface area contributed by atoms with Gasteiger partial charge in [-0.3, -0.25) is 4.79 Å². The third-order valence-corrected chi connectivity index (χ3v) is 6.56. The highest BCUT2D eigenvalue weighted by Gasteiger charge is 2.16. The second-order valence-corrected chi connectivity index (χ2v) is 9.25. The maximum absolute atomic E-state index is 12.6. The van der Waals surface area contributed by atoms with Gasteiger partial charge in [-0.15, -0.1) is 0 Å². The Morgan fingerprint density at radius 1 is 1.03 bits per heavy atom. The second kappa shape index (κ2) is 8.30. The molecule has 30 heavy (non-hydrogen) atoms. The number of aromatic nitrogens is 2. The number of hydrogen-bond donors (Lipinski definition) is 1. The van der Waals surface area contributed by atoms with Crippen molar-refractivity contribution in [1.82, 2.24) is 14.7 Å². The van der Waals surface area contributed by atoms with E-state index in [1.165, 1.54) is 24.3 Å². The topological polar surface area (TPSA) is 80.5 Å². The fourth-order valence-electron chi connectivity index (χ4n) is 3.10. The van der Waals surface area contributed by atoms with E-state index in [-0.39, 0.29) is 16.6 Å². The van der Waals surface area contributed by atoms with E-state index >= 15 is 0 Å². The minimum atomic E-state index is -3.54. The van der Waals surface area contributed by atoms with Crippen LogP contribution >= 0.6 is 11.6 Å². The number of benzene rings is 2. The Kier molecular flexibility index (Phi) is 5.57. The van der Waals surface area contributed by atoms with Gasteiger partial charge in [0.15, 0.2) is 9.84 Å². The van der Waals surface area contributed by atoms with E-state index in [9.17, 15) is 13.2 Å². The first-order valence-corrected chi connectivity index (χ1v) is 11.2. The lowest BCUT2D eigenvalue weighted by atomic mass is 10.2. The Morgan fingerprint density at radius 3 is 2.60 bits per heavy atom. The molecule has 8 heteroatoms. The van der Waals surface area contributed by atoms with Crippen molar-refractivity contribution in [3.63, 3.8) is 0 Å². The van der Waals surface area contributed by atoms with Crippen molar-refractivity contribution in [3.8, 4) is 0 Å². The maximum atomic E-state index is 12.6. The van der Waals surface area contributed by atoms with Gasteiger partial charge < -0.3 is 9.72 Å². The number of hydrogen-bond acceptors (Lipinski definition) is 4. The molecule has 1 amide bonds. The Balaban J connectivity index is 1.42. The second-order valence-electron chi connectivity index (χ2n) is 6.83. The van der Waals surface area contributed by atoms with Crippen LogP contribution in [0.3, 0.4) is 0 Å². The van der Waals surface area contributed by atoms with Crippen molar-refractivity contribution < 1.29 is 13.2 Å². The number of sulfone groups is 1. The normalized spacial score (nSPS) is 11.5. The van der Waals surface area contributed by atoms with Gasteiger partial charge in [-0.1, -0.05) is 29.8 Å². The summed E-state index contributed by atoms with van der Waals surface area (Å²) >= 11 is 5.93. The number of halogens is 1. The molecule has 0 bridgehead atoms. The third-order valence-electron chi connectivity index (χ3n) is 4.62. The molecule has 2 aromatic carbocycles. The molecule has 0 saturated carbocycles. The minimum absolute atomic E-state index is 0.157. The van der Waals surface area contributed by atoms with E-state index in [2.05, 4.69) is 10.3 Å². The van der Waals surface area contributed by atoms with Crippen LogP contribution in [0.4, 0.5) is 0 Å². The van der Waals surface area contributed by atoms with E-state index in [0.717, 1.165) is 11.2 Å². The summed E-state index contributed by atoms with van der Waals surface area (Å²) in [4.78, 5) is 16.8. The summed E-state index contributed by atoms with van der Waals surface area (Å²) in [6, 6.07) is 16.4. The number of pyridine rings is 1. The lowest BCUT2D eigenvalue weighted by molar-refractivity contribution is 0.0950. The Bertz CT molecular complexity index is 1310. The van der Waals surface area contributed by atoms with Crippen molar-refractivity contribution in [2.45, 2.75) is 17.2 Å². The first-order chi connectivity index (χ1) is 14.4. The lowest BCUT2D eigenvalue weighted by Crippen LogP contribution is -2.23. The smallest absolute Gasteiger partial charge is 0.251 e. The van der Waals surface area contributed by atoms with E-state index < -0.39 is 9.84 Å². The van der Waals surface area contributed by atoms with Crippen LogP contribution < -0.4 is 5.32 Å². The highest BCUT2D eigenvalue weighted by molar-refractivity contribution is 7.90. The van der Waals surface area contributed by atoms with Gasteiger partial charge in [-0.25, -0.2) is 13.4 Å². The summed E-state index contributed by atoms with van der Waals surface area (Å²) in [5.74, 6) is -0.435. The van der Waals surface area contributed by atoms with Crippen LogP contribution in [0, 0.1) is 0 Å². The predicted octanol–water partition coefficient (Wildman–Crippen LogP) is 3.89. The Morgan fingerprint density at radius 2 is 1.83 bits per heavy atom. The summed E-state index contributed by atoms with van der Waals surface area (Å²) in [6.07, 6.45) is 5.44. The molecule has 1 N–H and O–H groups in total. The van der Waals surface area contributed by atoms with Gasteiger partial charge in [0.05, 0.1) is 10.6 Å². The summed E-state index contributed by atoms with van der Waals surface area (Å²) < 4.78 is 27.2. The number of rotatable bonds is 6. The Labute approximate surface area is 179 Å². The third kappa shape index (κ3) is 4.53. The average Bonchev–Trinajstić information content (AvgIpc) is 3.20. The largest absolute Gasteiger partial charge is 0.348 e. The van der Waals surface area contributed by atoms with E-state index in [1.54, 1.807) is 30.5 Å². The summed E-state index contributed by atoms with van der Waals surface area (Å²) in [6.45, 7) is 0.349. The molecule has 152 valence electrons. The number of amides is 1. The molecule has 0 aliphatic carbocycles. The number of carbonyl (C=O) groups is 1. The average molecular weight is 440 g/mol.